The Kier molecular flexibility index (Phi) is 3.12. The van der Waals surface area contributed by atoms with Gasteiger partial charge in [0.05, 0.1) is 0 Å². The molecule has 0 saturated carbocycles. The predicted molar refractivity (Wildman–Crippen MR) is 73.7 cm³/mol. The summed E-state index contributed by atoms with van der Waals surface area (Å²) < 4.78 is 6.60. The summed E-state index contributed by atoms with van der Waals surface area (Å²) in [6, 6.07) is 7.57. The van der Waals surface area contributed by atoms with E-state index in [-0.39, 0.29) is 5.91 Å². The molecule has 4 heteroatoms. The first-order valence-electron chi connectivity index (χ1n) is 6.23. The maximum absolute atomic E-state index is 12.3. The highest BCUT2D eigenvalue weighted by atomic mass is 79.9. The van der Waals surface area contributed by atoms with Crippen LogP contribution in [-0.2, 0) is 0 Å². The quantitative estimate of drug-likeness (QED) is 0.802. The lowest BCUT2D eigenvalue weighted by molar-refractivity contribution is 0.0694. The number of likely N-dealkylation sites (tertiary alicyclic amines) is 1. The van der Waals surface area contributed by atoms with Gasteiger partial charge in [0.15, 0.2) is 5.76 Å². The Labute approximate surface area is 114 Å². The molecule has 0 radical (unpaired) electrons. The van der Waals surface area contributed by atoms with Crippen molar-refractivity contribution in [2.45, 2.75) is 19.3 Å². The van der Waals surface area contributed by atoms with Crippen molar-refractivity contribution in [2.24, 2.45) is 0 Å². The van der Waals surface area contributed by atoms with Crippen molar-refractivity contribution >= 4 is 32.8 Å². The van der Waals surface area contributed by atoms with Gasteiger partial charge in [-0.05, 0) is 37.5 Å². The zero-order valence-corrected chi connectivity index (χ0v) is 11.6. The smallest absolute Gasteiger partial charge is 0.289 e. The summed E-state index contributed by atoms with van der Waals surface area (Å²) in [6.07, 6.45) is 3.40. The van der Waals surface area contributed by atoms with E-state index in [1.165, 1.54) is 6.42 Å². The predicted octanol–water partition coefficient (Wildman–Crippen LogP) is 3.82. The molecule has 18 heavy (non-hydrogen) atoms. The Morgan fingerprint density at radius 3 is 2.72 bits per heavy atom. The molecule has 0 atom stereocenters. The van der Waals surface area contributed by atoms with E-state index in [0.717, 1.165) is 41.4 Å². The number of hydrogen-bond donors (Lipinski definition) is 0. The van der Waals surface area contributed by atoms with E-state index in [1.807, 2.05) is 29.2 Å². The van der Waals surface area contributed by atoms with E-state index in [1.54, 1.807) is 0 Å². The van der Waals surface area contributed by atoms with Crippen LogP contribution in [0.25, 0.3) is 11.0 Å². The molecule has 94 valence electrons. The van der Waals surface area contributed by atoms with Crippen LogP contribution in [0.3, 0.4) is 0 Å². The Hall–Kier alpha value is -1.29. The van der Waals surface area contributed by atoms with Crippen LogP contribution in [0.15, 0.2) is 33.2 Å². The van der Waals surface area contributed by atoms with Crippen molar-refractivity contribution in [3.8, 4) is 0 Å². The molecule has 1 aliphatic heterocycles. The number of hydrogen-bond acceptors (Lipinski definition) is 2. The summed E-state index contributed by atoms with van der Waals surface area (Å²) in [6.45, 7) is 1.69. The number of carbonyl (C=O) groups excluding carboxylic acids is 1. The van der Waals surface area contributed by atoms with E-state index in [9.17, 15) is 4.79 Å². The molecule has 1 aromatic heterocycles. The van der Waals surface area contributed by atoms with Crippen molar-refractivity contribution in [2.75, 3.05) is 13.1 Å². The van der Waals surface area contributed by atoms with Gasteiger partial charge in [-0.15, -0.1) is 0 Å². The number of carbonyl (C=O) groups is 1. The van der Waals surface area contributed by atoms with Gasteiger partial charge in [0.2, 0.25) is 0 Å². The largest absolute Gasteiger partial charge is 0.451 e. The monoisotopic (exact) mass is 307 g/mol. The highest BCUT2D eigenvalue weighted by Crippen LogP contribution is 2.27. The van der Waals surface area contributed by atoms with Gasteiger partial charge in [0.25, 0.3) is 5.91 Å². The lowest BCUT2D eigenvalue weighted by Crippen LogP contribution is -2.35. The van der Waals surface area contributed by atoms with Crippen LogP contribution in [0.1, 0.15) is 29.8 Å². The third kappa shape index (κ3) is 2.05. The van der Waals surface area contributed by atoms with E-state index in [4.69, 9.17) is 4.42 Å². The number of nitrogens with zero attached hydrogens (tertiary/aromatic N) is 1. The number of benzene rings is 1. The van der Waals surface area contributed by atoms with Crippen LogP contribution >= 0.6 is 15.9 Å². The molecule has 0 bridgehead atoms. The van der Waals surface area contributed by atoms with Gasteiger partial charge in [-0.3, -0.25) is 4.79 Å². The molecule has 3 rings (SSSR count). The maximum atomic E-state index is 12.3. The zero-order valence-electron chi connectivity index (χ0n) is 9.99. The standard InChI is InChI=1S/C14H14BrNO2/c15-11-5-4-6-12-10(11)9-13(18-12)14(17)16-7-2-1-3-8-16/h4-6,9H,1-3,7-8H2. The van der Waals surface area contributed by atoms with Crippen LogP contribution in [0.5, 0.6) is 0 Å². The van der Waals surface area contributed by atoms with Gasteiger partial charge in [-0.25, -0.2) is 0 Å². The summed E-state index contributed by atoms with van der Waals surface area (Å²) in [4.78, 5) is 14.2. The average molecular weight is 308 g/mol. The molecule has 1 saturated heterocycles. The Balaban J connectivity index is 1.94. The fraction of sp³-hybridized carbons (Fsp3) is 0.357. The van der Waals surface area contributed by atoms with E-state index < -0.39 is 0 Å². The van der Waals surface area contributed by atoms with Crippen LogP contribution in [-0.4, -0.2) is 23.9 Å². The van der Waals surface area contributed by atoms with Crippen molar-refractivity contribution in [3.63, 3.8) is 0 Å². The molecule has 1 fully saturated rings. The third-order valence-electron chi connectivity index (χ3n) is 3.36. The first-order chi connectivity index (χ1) is 8.75. The Morgan fingerprint density at radius 2 is 2.00 bits per heavy atom. The second-order valence-electron chi connectivity index (χ2n) is 4.62. The number of piperidine rings is 1. The van der Waals surface area contributed by atoms with Gasteiger partial charge in [0, 0.05) is 22.9 Å². The molecule has 0 N–H and O–H groups in total. The molecule has 0 unspecified atom stereocenters. The molecule has 0 spiro atoms. The summed E-state index contributed by atoms with van der Waals surface area (Å²) in [5, 5.41) is 0.956. The van der Waals surface area contributed by atoms with Gasteiger partial charge in [-0.1, -0.05) is 22.0 Å². The molecular weight excluding hydrogens is 294 g/mol. The number of rotatable bonds is 1. The normalized spacial score (nSPS) is 16.2. The van der Waals surface area contributed by atoms with Gasteiger partial charge in [-0.2, -0.15) is 0 Å². The first-order valence-corrected chi connectivity index (χ1v) is 7.02. The third-order valence-corrected chi connectivity index (χ3v) is 4.05. The van der Waals surface area contributed by atoms with Gasteiger partial charge >= 0.3 is 0 Å². The lowest BCUT2D eigenvalue weighted by Gasteiger charge is -2.25. The molecule has 0 aliphatic carbocycles. The van der Waals surface area contributed by atoms with Gasteiger partial charge in [0.1, 0.15) is 5.58 Å². The minimum atomic E-state index is 0.0119. The molecule has 2 heterocycles. The molecule has 1 aliphatic rings. The highest BCUT2D eigenvalue weighted by Gasteiger charge is 2.21. The molecular formula is C14H14BrNO2. The number of amides is 1. The van der Waals surface area contributed by atoms with Crippen molar-refractivity contribution in [1.29, 1.82) is 0 Å². The second kappa shape index (κ2) is 4.76. The summed E-state index contributed by atoms with van der Waals surface area (Å²) in [7, 11) is 0. The van der Waals surface area contributed by atoms with E-state index in [0.29, 0.717) is 5.76 Å². The summed E-state index contributed by atoms with van der Waals surface area (Å²) >= 11 is 3.47. The van der Waals surface area contributed by atoms with Crippen molar-refractivity contribution < 1.29 is 9.21 Å². The first kappa shape index (κ1) is 11.8. The fourth-order valence-corrected chi connectivity index (χ4v) is 2.85. The fourth-order valence-electron chi connectivity index (χ4n) is 2.38. The topological polar surface area (TPSA) is 33.5 Å². The van der Waals surface area contributed by atoms with Crippen LogP contribution in [0, 0.1) is 0 Å². The van der Waals surface area contributed by atoms with E-state index in [2.05, 4.69) is 15.9 Å². The molecule has 2 aromatic rings. The zero-order chi connectivity index (χ0) is 12.5. The number of halogens is 1. The minimum absolute atomic E-state index is 0.0119. The van der Waals surface area contributed by atoms with Crippen molar-refractivity contribution in [1.82, 2.24) is 4.90 Å². The molecule has 1 amide bonds. The van der Waals surface area contributed by atoms with Crippen LogP contribution in [0.2, 0.25) is 0 Å². The SMILES string of the molecule is O=C(c1cc2c(Br)cccc2o1)N1CCCCC1. The highest BCUT2D eigenvalue weighted by molar-refractivity contribution is 9.10. The Morgan fingerprint density at radius 1 is 1.22 bits per heavy atom. The Bertz CT molecular complexity index is 584. The summed E-state index contributed by atoms with van der Waals surface area (Å²) in [5.74, 6) is 0.455. The lowest BCUT2D eigenvalue weighted by atomic mass is 10.1. The van der Waals surface area contributed by atoms with Crippen molar-refractivity contribution in [3.05, 3.63) is 34.5 Å². The summed E-state index contributed by atoms with van der Waals surface area (Å²) in [5.41, 5.74) is 0.754. The minimum Gasteiger partial charge on any atom is -0.451 e. The van der Waals surface area contributed by atoms with E-state index >= 15 is 0 Å². The maximum Gasteiger partial charge on any atom is 0.289 e. The second-order valence-corrected chi connectivity index (χ2v) is 5.47. The van der Waals surface area contributed by atoms with Crippen LogP contribution < -0.4 is 0 Å². The van der Waals surface area contributed by atoms with Crippen LogP contribution in [0.4, 0.5) is 0 Å². The van der Waals surface area contributed by atoms with Gasteiger partial charge < -0.3 is 9.32 Å². The number of fused-ring (bicyclic) bond motifs is 1. The molecule has 1 aromatic carbocycles. The molecule has 3 nitrogen and oxygen atoms in total. The average Bonchev–Trinajstić information content (AvgIpc) is 2.84. The number of furan rings is 1.